The van der Waals surface area contributed by atoms with Crippen LogP contribution in [0.25, 0.3) is 21.3 Å². The van der Waals surface area contributed by atoms with E-state index in [0.29, 0.717) is 17.9 Å². The Balaban J connectivity index is 1.80. The number of thiophene rings is 1. The van der Waals surface area contributed by atoms with E-state index in [1.165, 1.54) is 17.4 Å². The molecule has 0 radical (unpaired) electrons. The maximum atomic E-state index is 13.9. The Labute approximate surface area is 138 Å². The lowest BCUT2D eigenvalue weighted by Crippen LogP contribution is -2.53. The molecule has 0 saturated carbocycles. The van der Waals surface area contributed by atoms with Crippen LogP contribution in [0.2, 0.25) is 0 Å². The molecular weight excluding hydrogens is 311 g/mol. The maximum absolute atomic E-state index is 13.9. The van der Waals surface area contributed by atoms with Crippen LogP contribution < -0.4 is 5.32 Å². The van der Waals surface area contributed by atoms with Crippen molar-refractivity contribution >= 4 is 21.4 Å². The summed E-state index contributed by atoms with van der Waals surface area (Å²) >= 11 is 1.43. The number of hydrogen-bond donors (Lipinski definition) is 1. The Morgan fingerprint density at radius 2 is 2.09 bits per heavy atom. The molecule has 0 unspecified atom stereocenters. The minimum atomic E-state index is -0.172. The van der Waals surface area contributed by atoms with E-state index in [9.17, 15) is 4.39 Å². The maximum Gasteiger partial charge on any atom is 0.141 e. The third kappa shape index (κ3) is 2.36. The van der Waals surface area contributed by atoms with Gasteiger partial charge < -0.3 is 10.1 Å². The Bertz CT molecular complexity index is 857. The zero-order valence-electron chi connectivity index (χ0n) is 12.8. The molecule has 118 valence electrons. The summed E-state index contributed by atoms with van der Waals surface area (Å²) in [6.07, 6.45) is 0. The lowest BCUT2D eigenvalue weighted by molar-refractivity contribution is -0.0602. The normalized spacial score (nSPS) is 16.4. The number of hydrogen-bond acceptors (Lipinski definition) is 4. The molecule has 1 N–H and O–H groups in total. The number of halogens is 1. The average molecular weight is 328 g/mol. The van der Waals surface area contributed by atoms with Crippen LogP contribution in [0.4, 0.5) is 4.39 Å². The second-order valence-corrected chi connectivity index (χ2v) is 6.86. The quantitative estimate of drug-likeness (QED) is 0.795. The van der Waals surface area contributed by atoms with Gasteiger partial charge in [0.15, 0.2) is 0 Å². The van der Waals surface area contributed by atoms with Crippen molar-refractivity contribution in [3.63, 3.8) is 0 Å². The largest absolute Gasteiger partial charge is 0.379 e. The van der Waals surface area contributed by atoms with E-state index in [2.05, 4.69) is 11.4 Å². The Hall–Kier alpha value is -1.82. The predicted octanol–water partition coefficient (Wildman–Crippen LogP) is 3.59. The number of fused-ring (bicyclic) bond motifs is 1. The van der Waals surface area contributed by atoms with Gasteiger partial charge in [0.05, 0.1) is 34.7 Å². The first-order valence-corrected chi connectivity index (χ1v) is 8.47. The molecule has 1 fully saturated rings. The standard InChI is InChI=1S/C18H17FN2OS/c1-20-9-18(10-22-11-18)16-7-3-6-15(21-16)13-8-23-17-12(13)4-2-5-14(17)19/h2-8,20H,9-11H2,1H3. The molecule has 3 nitrogen and oxygen atoms in total. The molecule has 3 heterocycles. The number of ether oxygens (including phenoxy) is 1. The molecular formula is C18H17FN2OS. The molecule has 2 aromatic heterocycles. The second kappa shape index (κ2) is 5.67. The fourth-order valence-electron chi connectivity index (χ4n) is 3.13. The van der Waals surface area contributed by atoms with Crippen LogP contribution in [-0.2, 0) is 10.2 Å². The number of nitrogens with zero attached hydrogens (tertiary/aromatic N) is 1. The highest BCUT2D eigenvalue weighted by molar-refractivity contribution is 7.17. The molecule has 1 saturated heterocycles. The van der Waals surface area contributed by atoms with Gasteiger partial charge in [-0.15, -0.1) is 11.3 Å². The summed E-state index contributed by atoms with van der Waals surface area (Å²) in [6, 6.07) is 11.3. The molecule has 0 aliphatic carbocycles. The molecule has 5 heteroatoms. The van der Waals surface area contributed by atoms with E-state index in [1.807, 2.05) is 30.6 Å². The molecule has 4 rings (SSSR count). The molecule has 0 spiro atoms. The van der Waals surface area contributed by atoms with Crippen molar-refractivity contribution in [3.8, 4) is 11.3 Å². The predicted molar refractivity (Wildman–Crippen MR) is 91.4 cm³/mol. The topological polar surface area (TPSA) is 34.2 Å². The summed E-state index contributed by atoms with van der Waals surface area (Å²) in [6.45, 7) is 2.20. The summed E-state index contributed by atoms with van der Waals surface area (Å²) in [4.78, 5) is 4.87. The molecule has 1 aliphatic rings. The number of likely N-dealkylation sites (N-methyl/N-ethyl adjacent to an activating group) is 1. The van der Waals surface area contributed by atoms with E-state index in [4.69, 9.17) is 9.72 Å². The first-order chi connectivity index (χ1) is 11.2. The summed E-state index contributed by atoms with van der Waals surface area (Å²) in [5.41, 5.74) is 2.86. The van der Waals surface area contributed by atoms with Gasteiger partial charge in [-0.1, -0.05) is 18.2 Å². The summed E-state index contributed by atoms with van der Waals surface area (Å²) in [5, 5.41) is 6.14. The van der Waals surface area contributed by atoms with Crippen molar-refractivity contribution in [3.05, 3.63) is 53.3 Å². The van der Waals surface area contributed by atoms with Crippen molar-refractivity contribution in [2.45, 2.75) is 5.41 Å². The Kier molecular flexibility index (Phi) is 3.64. The molecule has 3 aromatic rings. The van der Waals surface area contributed by atoms with Crippen molar-refractivity contribution in [2.75, 3.05) is 26.8 Å². The van der Waals surface area contributed by atoms with E-state index >= 15 is 0 Å². The molecule has 23 heavy (non-hydrogen) atoms. The van der Waals surface area contributed by atoms with Crippen LogP contribution in [0.3, 0.4) is 0 Å². The summed E-state index contributed by atoms with van der Waals surface area (Å²) < 4.78 is 20.0. The monoisotopic (exact) mass is 328 g/mol. The van der Waals surface area contributed by atoms with Gasteiger partial charge in [-0.05, 0) is 25.2 Å². The van der Waals surface area contributed by atoms with Crippen LogP contribution in [0.5, 0.6) is 0 Å². The van der Waals surface area contributed by atoms with Gasteiger partial charge in [-0.25, -0.2) is 4.39 Å². The molecule has 0 bridgehead atoms. The van der Waals surface area contributed by atoms with Gasteiger partial charge in [-0.2, -0.15) is 0 Å². The minimum Gasteiger partial charge on any atom is -0.379 e. The van der Waals surface area contributed by atoms with Gasteiger partial charge in [0.25, 0.3) is 0 Å². The van der Waals surface area contributed by atoms with Crippen molar-refractivity contribution in [1.82, 2.24) is 10.3 Å². The van der Waals surface area contributed by atoms with Gasteiger partial charge >= 0.3 is 0 Å². The highest BCUT2D eigenvalue weighted by atomic mass is 32.1. The van der Waals surface area contributed by atoms with Crippen LogP contribution in [0.1, 0.15) is 5.69 Å². The molecule has 0 atom stereocenters. The molecule has 1 aliphatic heterocycles. The minimum absolute atomic E-state index is 0.0537. The van der Waals surface area contributed by atoms with Crippen LogP contribution in [-0.4, -0.2) is 31.8 Å². The van der Waals surface area contributed by atoms with E-state index < -0.39 is 0 Å². The van der Waals surface area contributed by atoms with Gasteiger partial charge in [0, 0.05) is 22.9 Å². The van der Waals surface area contributed by atoms with Crippen molar-refractivity contribution in [1.29, 1.82) is 0 Å². The Morgan fingerprint density at radius 3 is 2.83 bits per heavy atom. The van der Waals surface area contributed by atoms with E-state index in [-0.39, 0.29) is 11.2 Å². The fourth-order valence-corrected chi connectivity index (χ4v) is 4.10. The highest BCUT2D eigenvalue weighted by Gasteiger charge is 2.41. The lowest BCUT2D eigenvalue weighted by atomic mass is 9.81. The Morgan fingerprint density at radius 1 is 1.26 bits per heavy atom. The average Bonchev–Trinajstić information content (AvgIpc) is 2.96. The van der Waals surface area contributed by atoms with E-state index in [1.54, 1.807) is 6.07 Å². The van der Waals surface area contributed by atoms with Crippen LogP contribution in [0, 0.1) is 5.82 Å². The molecule has 0 amide bonds. The lowest BCUT2D eigenvalue weighted by Gasteiger charge is -2.41. The first-order valence-electron chi connectivity index (χ1n) is 7.59. The summed E-state index contributed by atoms with van der Waals surface area (Å²) in [5.74, 6) is -0.172. The first kappa shape index (κ1) is 14.8. The van der Waals surface area contributed by atoms with Gasteiger partial charge in [-0.3, -0.25) is 4.98 Å². The van der Waals surface area contributed by atoms with Crippen molar-refractivity contribution in [2.24, 2.45) is 0 Å². The SMILES string of the molecule is CNCC1(c2cccc(-c3csc4c(F)cccc34)n2)COC1. The number of rotatable bonds is 4. The zero-order chi connectivity index (χ0) is 15.9. The van der Waals surface area contributed by atoms with E-state index in [0.717, 1.165) is 28.9 Å². The smallest absolute Gasteiger partial charge is 0.141 e. The number of pyridine rings is 1. The fraction of sp³-hybridized carbons (Fsp3) is 0.278. The van der Waals surface area contributed by atoms with Crippen LogP contribution in [0.15, 0.2) is 41.8 Å². The highest BCUT2D eigenvalue weighted by Crippen LogP contribution is 2.36. The number of nitrogens with one attached hydrogen (secondary N) is 1. The van der Waals surface area contributed by atoms with Crippen molar-refractivity contribution < 1.29 is 9.13 Å². The number of benzene rings is 1. The zero-order valence-corrected chi connectivity index (χ0v) is 13.6. The number of aromatic nitrogens is 1. The molecule has 1 aromatic carbocycles. The van der Waals surface area contributed by atoms with Gasteiger partial charge in [0.1, 0.15) is 5.82 Å². The van der Waals surface area contributed by atoms with Gasteiger partial charge in [0.2, 0.25) is 0 Å². The third-order valence-corrected chi connectivity index (χ3v) is 5.40. The van der Waals surface area contributed by atoms with Crippen LogP contribution >= 0.6 is 11.3 Å². The second-order valence-electron chi connectivity index (χ2n) is 5.98. The summed E-state index contributed by atoms with van der Waals surface area (Å²) in [7, 11) is 1.94. The third-order valence-electron chi connectivity index (χ3n) is 4.39.